The Hall–Kier alpha value is -1.14. The topological polar surface area (TPSA) is 58.6 Å². The summed E-state index contributed by atoms with van der Waals surface area (Å²) in [6, 6.07) is -0.107. The van der Waals surface area contributed by atoms with Crippen LogP contribution in [-0.4, -0.2) is 41.6 Å². The van der Waals surface area contributed by atoms with Crippen LogP contribution in [0.3, 0.4) is 0 Å². The summed E-state index contributed by atoms with van der Waals surface area (Å²) in [6.07, 6.45) is 4.32. The molecule has 0 aromatic carbocycles. The van der Waals surface area contributed by atoms with Gasteiger partial charge in [-0.3, -0.25) is 4.79 Å². The van der Waals surface area contributed by atoms with Gasteiger partial charge in [-0.2, -0.15) is 0 Å². The van der Waals surface area contributed by atoms with Crippen molar-refractivity contribution in [2.45, 2.75) is 45.3 Å². The average Bonchev–Trinajstić information content (AvgIpc) is 2.43. The average molecular weight is 347 g/mol. The van der Waals surface area contributed by atoms with Crippen LogP contribution in [0.1, 0.15) is 33.6 Å². The van der Waals surface area contributed by atoms with Crippen molar-refractivity contribution in [1.82, 2.24) is 10.2 Å². The molecule has 124 valence electrons. The normalized spacial score (nSPS) is 20.1. The molecule has 2 amide bonds. The van der Waals surface area contributed by atoms with Crippen molar-refractivity contribution in [1.29, 1.82) is 0 Å². The maximum absolute atomic E-state index is 12.1. The van der Waals surface area contributed by atoms with Gasteiger partial charge in [0.15, 0.2) is 0 Å². The molecule has 7 heteroatoms. The minimum Gasteiger partial charge on any atom is -0.444 e. The maximum atomic E-state index is 12.1. The highest BCUT2D eigenvalue weighted by Crippen LogP contribution is 2.16. The largest absolute Gasteiger partial charge is 0.444 e. The summed E-state index contributed by atoms with van der Waals surface area (Å²) in [5, 5.41) is 2.87. The van der Waals surface area contributed by atoms with Crippen LogP contribution in [0, 0.1) is 0 Å². The van der Waals surface area contributed by atoms with E-state index in [2.05, 4.69) is 17.9 Å². The van der Waals surface area contributed by atoms with Gasteiger partial charge in [0.25, 0.3) is 5.91 Å². The third-order valence-electron chi connectivity index (χ3n) is 2.97. The molecule has 0 bridgehead atoms. The lowest BCUT2D eigenvalue weighted by atomic mass is 10.1. The zero-order valence-electron chi connectivity index (χ0n) is 13.1. The van der Waals surface area contributed by atoms with Gasteiger partial charge in [-0.1, -0.05) is 11.6 Å². The third-order valence-corrected chi connectivity index (χ3v) is 3.47. The first-order valence-corrected chi connectivity index (χ1v) is 8.06. The summed E-state index contributed by atoms with van der Waals surface area (Å²) < 4.78 is 5.36. The van der Waals surface area contributed by atoms with Crippen LogP contribution in [0.4, 0.5) is 4.79 Å². The van der Waals surface area contributed by atoms with Crippen molar-refractivity contribution in [2.75, 3.05) is 13.1 Å². The van der Waals surface area contributed by atoms with Gasteiger partial charge in [0.05, 0.1) is 4.91 Å². The minimum atomic E-state index is -0.526. The van der Waals surface area contributed by atoms with Crippen molar-refractivity contribution < 1.29 is 14.3 Å². The van der Waals surface area contributed by atoms with E-state index in [0.717, 1.165) is 12.8 Å². The van der Waals surface area contributed by atoms with E-state index in [9.17, 15) is 9.59 Å². The zero-order chi connectivity index (χ0) is 16.8. The highest BCUT2D eigenvalue weighted by molar-refractivity contribution is 7.85. The first kappa shape index (κ1) is 18.9. The van der Waals surface area contributed by atoms with E-state index in [1.54, 1.807) is 4.90 Å². The maximum Gasteiger partial charge on any atom is 0.410 e. The molecule has 1 rings (SSSR count). The fourth-order valence-corrected chi connectivity index (χ4v) is 2.27. The number of amides is 2. The Labute approximate surface area is 142 Å². The van der Waals surface area contributed by atoms with Crippen LogP contribution in [0.5, 0.6) is 0 Å². The Bertz CT molecular complexity index is 472. The van der Waals surface area contributed by atoms with Gasteiger partial charge in [0, 0.05) is 24.7 Å². The number of rotatable bonds is 3. The number of hydrogen-bond acceptors (Lipinski definition) is 4. The second-order valence-electron chi connectivity index (χ2n) is 6.11. The molecule has 1 aliphatic heterocycles. The molecule has 1 aliphatic rings. The van der Waals surface area contributed by atoms with Gasteiger partial charge in [-0.05, 0) is 45.8 Å². The van der Waals surface area contributed by atoms with Crippen LogP contribution in [0.15, 0.2) is 22.6 Å². The second kappa shape index (κ2) is 8.48. The number of carbonyl (C=O) groups is 2. The number of carbonyl (C=O) groups excluding carboxylic acids is 2. The summed E-state index contributed by atoms with van der Waals surface area (Å²) in [6.45, 7) is 6.57. The first-order valence-electron chi connectivity index (χ1n) is 7.17. The Balaban J connectivity index is 2.56. The smallest absolute Gasteiger partial charge is 0.410 e. The van der Waals surface area contributed by atoms with E-state index in [1.807, 2.05) is 20.8 Å². The summed E-state index contributed by atoms with van der Waals surface area (Å²) in [7, 11) is 0. The molecule has 0 spiro atoms. The fraction of sp³-hybridized carbons (Fsp3) is 0.600. The molecule has 1 unspecified atom stereocenters. The second-order valence-corrected chi connectivity index (χ2v) is 6.84. The van der Waals surface area contributed by atoms with Crippen LogP contribution < -0.4 is 5.32 Å². The molecule has 1 atom stereocenters. The van der Waals surface area contributed by atoms with Crippen molar-refractivity contribution in [3.63, 3.8) is 0 Å². The van der Waals surface area contributed by atoms with Gasteiger partial charge in [-0.25, -0.2) is 4.79 Å². The Kier molecular flexibility index (Phi) is 7.29. The Morgan fingerprint density at radius 1 is 1.41 bits per heavy atom. The molecule has 0 aromatic heterocycles. The van der Waals surface area contributed by atoms with Crippen LogP contribution >= 0.6 is 24.2 Å². The molecule has 1 fully saturated rings. The van der Waals surface area contributed by atoms with Gasteiger partial charge in [-0.15, -0.1) is 12.6 Å². The molecule has 1 saturated heterocycles. The van der Waals surface area contributed by atoms with Gasteiger partial charge < -0.3 is 15.0 Å². The molecular formula is C15H23ClN2O3S. The standard InChI is InChI=1S/C15H23ClN2O3S/c1-15(2,3)21-14(20)18-9-5-6-11(10-18)17-13(19)12(22)7-4-8-16/h4,7-8,11,22H,5-6,9-10H2,1-3H3,(H,17,19)/b8-4+,12-7-. The van der Waals surface area contributed by atoms with Crippen molar-refractivity contribution in [3.8, 4) is 0 Å². The Morgan fingerprint density at radius 2 is 2.09 bits per heavy atom. The lowest BCUT2D eigenvalue weighted by Crippen LogP contribution is -2.50. The summed E-state index contributed by atoms with van der Waals surface area (Å²) in [5.41, 5.74) is 0.774. The Morgan fingerprint density at radius 3 is 2.68 bits per heavy atom. The van der Waals surface area contributed by atoms with E-state index in [1.165, 1.54) is 17.7 Å². The van der Waals surface area contributed by atoms with Crippen molar-refractivity contribution in [3.05, 3.63) is 22.6 Å². The third kappa shape index (κ3) is 6.75. The molecule has 0 aromatic rings. The molecular weight excluding hydrogens is 324 g/mol. The van der Waals surface area contributed by atoms with E-state index >= 15 is 0 Å². The fourth-order valence-electron chi connectivity index (χ4n) is 2.05. The zero-order valence-corrected chi connectivity index (χ0v) is 14.8. The molecule has 0 aliphatic carbocycles. The number of piperidine rings is 1. The molecule has 1 N–H and O–H groups in total. The van der Waals surface area contributed by atoms with E-state index < -0.39 is 5.60 Å². The predicted octanol–water partition coefficient (Wildman–Crippen LogP) is 3.07. The summed E-state index contributed by atoms with van der Waals surface area (Å²) in [4.78, 5) is 25.9. The van der Waals surface area contributed by atoms with E-state index in [4.69, 9.17) is 16.3 Å². The van der Waals surface area contributed by atoms with Gasteiger partial charge in [0.2, 0.25) is 0 Å². The quantitative estimate of drug-likeness (QED) is 0.469. The number of hydrogen-bond donors (Lipinski definition) is 2. The predicted molar refractivity (Wildman–Crippen MR) is 91.0 cm³/mol. The highest BCUT2D eigenvalue weighted by atomic mass is 35.5. The first-order chi connectivity index (χ1) is 10.2. The molecule has 5 nitrogen and oxygen atoms in total. The van der Waals surface area contributed by atoms with Crippen LogP contribution in [0.2, 0.25) is 0 Å². The molecule has 1 heterocycles. The SMILES string of the molecule is CC(C)(C)OC(=O)N1CCCC(NC(=O)/C(S)=C/C=C/Cl)C1. The van der Waals surface area contributed by atoms with Gasteiger partial charge >= 0.3 is 6.09 Å². The number of thiol groups is 1. The number of likely N-dealkylation sites (tertiary alicyclic amines) is 1. The molecule has 0 radical (unpaired) electrons. The van der Waals surface area contributed by atoms with Crippen molar-refractivity contribution >= 4 is 36.2 Å². The summed E-state index contributed by atoms with van der Waals surface area (Å²) in [5.74, 6) is -0.283. The molecule has 0 saturated carbocycles. The van der Waals surface area contributed by atoms with Gasteiger partial charge in [0.1, 0.15) is 5.60 Å². The number of allylic oxidation sites excluding steroid dienone is 2. The minimum absolute atomic E-state index is 0.107. The lowest BCUT2D eigenvalue weighted by Gasteiger charge is -2.34. The van der Waals surface area contributed by atoms with Crippen LogP contribution in [-0.2, 0) is 9.53 Å². The molecule has 22 heavy (non-hydrogen) atoms. The van der Waals surface area contributed by atoms with E-state index in [-0.39, 0.29) is 22.9 Å². The highest BCUT2D eigenvalue weighted by Gasteiger charge is 2.28. The monoisotopic (exact) mass is 346 g/mol. The van der Waals surface area contributed by atoms with Crippen molar-refractivity contribution in [2.24, 2.45) is 0 Å². The van der Waals surface area contributed by atoms with Crippen LogP contribution in [0.25, 0.3) is 0 Å². The number of ether oxygens (including phenoxy) is 1. The number of nitrogens with one attached hydrogen (secondary N) is 1. The number of nitrogens with zero attached hydrogens (tertiary/aromatic N) is 1. The van der Waals surface area contributed by atoms with E-state index in [0.29, 0.717) is 13.1 Å². The lowest BCUT2D eigenvalue weighted by molar-refractivity contribution is -0.117. The summed E-state index contributed by atoms with van der Waals surface area (Å²) >= 11 is 9.51. The number of halogens is 1.